The lowest BCUT2D eigenvalue weighted by Gasteiger charge is -2.48. The van der Waals surface area contributed by atoms with Crippen molar-refractivity contribution in [1.29, 1.82) is 0 Å². The molecule has 3 aliphatic heterocycles. The average molecular weight is 613 g/mol. The maximum Gasteiger partial charge on any atom is 0.264 e. The Morgan fingerprint density at radius 3 is 2.64 bits per heavy atom. The molecule has 42 heavy (non-hydrogen) atoms. The number of nitrogens with one attached hydrogen (secondary N) is 1. The van der Waals surface area contributed by atoms with Gasteiger partial charge in [-0.1, -0.05) is 37.6 Å². The van der Waals surface area contributed by atoms with Crippen LogP contribution in [0.15, 0.2) is 48.0 Å². The Bertz CT molecular complexity index is 1500. The van der Waals surface area contributed by atoms with Gasteiger partial charge in [0.25, 0.3) is 5.91 Å². The Labute approximate surface area is 254 Å². The highest BCUT2D eigenvalue weighted by Gasteiger charge is 2.45. The Hall–Kier alpha value is -2.55. The molecule has 2 aliphatic carbocycles. The largest absolute Gasteiger partial charge is 0.491 e. The lowest BCUT2D eigenvalue weighted by Crippen LogP contribution is -2.47. The molecule has 7 rings (SSSR count). The fourth-order valence-corrected chi connectivity index (χ4v) is 9.05. The van der Waals surface area contributed by atoms with Crippen LogP contribution in [0.3, 0.4) is 0 Å². The second kappa shape index (κ2) is 11.5. The molecule has 3 heterocycles. The third kappa shape index (κ3) is 5.95. The molecular weight excluding hydrogens is 572 g/mol. The van der Waals surface area contributed by atoms with Gasteiger partial charge in [-0.25, -0.2) is 13.1 Å². The number of carbonyl (C=O) groups excluding carboxylic acids is 1. The van der Waals surface area contributed by atoms with E-state index in [0.29, 0.717) is 36.3 Å². The van der Waals surface area contributed by atoms with Crippen molar-refractivity contribution in [3.8, 4) is 5.75 Å². The van der Waals surface area contributed by atoms with E-state index in [-0.39, 0.29) is 17.8 Å². The highest BCUT2D eigenvalue weighted by Crippen LogP contribution is 2.49. The minimum Gasteiger partial charge on any atom is -0.491 e. The van der Waals surface area contributed by atoms with Crippen molar-refractivity contribution in [3.63, 3.8) is 0 Å². The zero-order valence-corrected chi connectivity index (χ0v) is 26.3. The smallest absolute Gasteiger partial charge is 0.264 e. The summed E-state index contributed by atoms with van der Waals surface area (Å²) in [6.45, 7) is 5.89. The van der Waals surface area contributed by atoms with Crippen LogP contribution < -0.4 is 14.4 Å². The van der Waals surface area contributed by atoms with Crippen LogP contribution in [0.4, 0.5) is 5.69 Å². The van der Waals surface area contributed by atoms with Crippen LogP contribution >= 0.6 is 11.6 Å². The summed E-state index contributed by atoms with van der Waals surface area (Å²) >= 11 is 6.42. The van der Waals surface area contributed by atoms with E-state index in [4.69, 9.17) is 21.1 Å². The molecule has 4 atom stereocenters. The summed E-state index contributed by atoms with van der Waals surface area (Å²) in [4.78, 5) is 15.7. The summed E-state index contributed by atoms with van der Waals surface area (Å²) in [6, 6.07) is 11.4. The van der Waals surface area contributed by atoms with Gasteiger partial charge in [-0.05, 0) is 109 Å². The molecular formula is C33H41ClN2O5S. The van der Waals surface area contributed by atoms with Crippen LogP contribution in [0.25, 0.3) is 0 Å². The van der Waals surface area contributed by atoms with Gasteiger partial charge in [-0.3, -0.25) is 4.79 Å². The van der Waals surface area contributed by atoms with Crippen LogP contribution in [0, 0.1) is 23.2 Å². The second-order valence-corrected chi connectivity index (χ2v) is 15.3. The van der Waals surface area contributed by atoms with Gasteiger partial charge in [-0.15, -0.1) is 0 Å². The van der Waals surface area contributed by atoms with E-state index in [1.54, 1.807) is 19.2 Å². The van der Waals surface area contributed by atoms with Gasteiger partial charge in [0.15, 0.2) is 0 Å². The molecule has 0 saturated heterocycles. The molecule has 1 fully saturated rings. The van der Waals surface area contributed by atoms with Crippen molar-refractivity contribution in [2.45, 2.75) is 65.0 Å². The second-order valence-electron chi connectivity index (χ2n) is 13.2. The minimum atomic E-state index is -3.88. The first-order valence-electron chi connectivity index (χ1n) is 15.1. The standard InChI is InChI=1S/C33H41ClN2O5S/c1-33(2)20-42(38,39)35-32(37)22-9-12-30-29(17-22)36(18-23-7-10-27(34)16-21(23)6-4-5-13-41-30)19-24-8-11-28(24)31(40-3)25-14-26(33)15-25/h7,9-10,12,14,16-17,24,26,28,31H,4-6,8,11,13,15,18-20H2,1-3H3,(H,35,37)/t24-,26?,28+,31-/m0/s1. The third-order valence-electron chi connectivity index (χ3n) is 9.81. The lowest BCUT2D eigenvalue weighted by molar-refractivity contribution is -0.00171. The van der Waals surface area contributed by atoms with Gasteiger partial charge in [0.2, 0.25) is 10.0 Å². The Morgan fingerprint density at radius 2 is 1.90 bits per heavy atom. The van der Waals surface area contributed by atoms with E-state index in [0.717, 1.165) is 55.8 Å². The number of methoxy groups -OCH3 is 1. The molecule has 0 radical (unpaired) electrons. The monoisotopic (exact) mass is 612 g/mol. The van der Waals surface area contributed by atoms with Crippen LogP contribution in [0.2, 0.25) is 5.02 Å². The minimum absolute atomic E-state index is 0.0251. The van der Waals surface area contributed by atoms with Gasteiger partial charge in [0.05, 0.1) is 24.2 Å². The number of ether oxygens (including phenoxy) is 2. The van der Waals surface area contributed by atoms with E-state index < -0.39 is 21.3 Å². The van der Waals surface area contributed by atoms with Crippen molar-refractivity contribution in [1.82, 2.24) is 4.72 Å². The number of nitrogens with zero attached hydrogens (tertiary/aromatic N) is 1. The number of sulfonamides is 1. The van der Waals surface area contributed by atoms with E-state index in [1.807, 2.05) is 26.0 Å². The van der Waals surface area contributed by atoms with Gasteiger partial charge in [0.1, 0.15) is 5.75 Å². The molecule has 1 amide bonds. The van der Waals surface area contributed by atoms with Crippen LogP contribution in [0.1, 0.15) is 67.4 Å². The quantitative estimate of drug-likeness (QED) is 0.389. The summed E-state index contributed by atoms with van der Waals surface area (Å²) in [5.74, 6) is 0.845. The summed E-state index contributed by atoms with van der Waals surface area (Å²) in [5, 5.41) is 0.727. The summed E-state index contributed by atoms with van der Waals surface area (Å²) in [5.41, 5.74) is 4.27. The highest BCUT2D eigenvalue weighted by atomic mass is 35.5. The first kappa shape index (κ1) is 29.5. The molecule has 1 unspecified atom stereocenters. The number of hydrogen-bond donors (Lipinski definition) is 1. The molecule has 1 saturated carbocycles. The van der Waals surface area contributed by atoms with Crippen molar-refractivity contribution in [3.05, 3.63) is 69.8 Å². The number of carbonyl (C=O) groups is 1. The number of fused-ring (bicyclic) bond motifs is 5. The van der Waals surface area contributed by atoms with E-state index in [2.05, 4.69) is 27.8 Å². The normalized spacial score (nSPS) is 28.7. The third-order valence-corrected chi connectivity index (χ3v) is 11.7. The van der Waals surface area contributed by atoms with E-state index in [9.17, 15) is 13.2 Å². The van der Waals surface area contributed by atoms with Gasteiger partial charge in [-0.2, -0.15) is 0 Å². The molecule has 9 heteroatoms. The number of rotatable bonds is 1. The molecule has 0 spiro atoms. The predicted molar refractivity (Wildman–Crippen MR) is 166 cm³/mol. The first-order valence-corrected chi connectivity index (χ1v) is 17.1. The average Bonchev–Trinajstić information content (AvgIpc) is 2.90. The number of halogens is 1. The van der Waals surface area contributed by atoms with Crippen LogP contribution in [-0.4, -0.2) is 46.4 Å². The lowest BCUT2D eigenvalue weighted by atomic mass is 9.62. The Morgan fingerprint density at radius 1 is 1.10 bits per heavy atom. The molecule has 2 aromatic rings. The van der Waals surface area contributed by atoms with Crippen molar-refractivity contribution < 1.29 is 22.7 Å². The predicted octanol–water partition coefficient (Wildman–Crippen LogP) is 6.15. The number of anilines is 1. The van der Waals surface area contributed by atoms with Crippen molar-refractivity contribution >= 4 is 33.2 Å². The fourth-order valence-electron chi connectivity index (χ4n) is 7.19. The molecule has 7 nitrogen and oxygen atoms in total. The van der Waals surface area contributed by atoms with Crippen LogP contribution in [-0.2, 0) is 27.7 Å². The van der Waals surface area contributed by atoms with Gasteiger partial charge < -0.3 is 14.4 Å². The molecule has 5 aliphatic rings. The SMILES string of the molecule is CO[C@H]1C2=CC(C2)C(C)(C)CS(=O)(=O)NC(=O)c2ccc3c(c2)N(Cc2ccc(Cl)cc2CCCCO3)C[C@@H]2CC[C@H]21. The topological polar surface area (TPSA) is 84.9 Å². The zero-order chi connectivity index (χ0) is 29.6. The number of hydrogen-bond acceptors (Lipinski definition) is 6. The first-order chi connectivity index (χ1) is 20.0. The number of benzene rings is 2. The zero-order valence-electron chi connectivity index (χ0n) is 24.7. The van der Waals surface area contributed by atoms with E-state index in [1.165, 1.54) is 16.7 Å². The molecule has 0 aromatic heterocycles. The van der Waals surface area contributed by atoms with Gasteiger partial charge in [0, 0.05) is 30.8 Å². The Kier molecular flexibility index (Phi) is 8.09. The fraction of sp³-hybridized carbons (Fsp3) is 0.545. The summed E-state index contributed by atoms with van der Waals surface area (Å²) in [6.07, 6.45) is 8.03. The maximum atomic E-state index is 13.4. The molecule has 226 valence electrons. The van der Waals surface area contributed by atoms with Crippen molar-refractivity contribution in [2.24, 2.45) is 23.2 Å². The van der Waals surface area contributed by atoms with Gasteiger partial charge >= 0.3 is 0 Å². The van der Waals surface area contributed by atoms with Crippen LogP contribution in [0.5, 0.6) is 5.75 Å². The summed E-state index contributed by atoms with van der Waals surface area (Å²) in [7, 11) is -2.08. The molecule has 4 bridgehead atoms. The van der Waals surface area contributed by atoms with E-state index >= 15 is 0 Å². The maximum absolute atomic E-state index is 13.4. The number of allylic oxidation sites excluding steroid dienone is 1. The van der Waals surface area contributed by atoms with Crippen molar-refractivity contribution in [2.75, 3.05) is 30.9 Å². The highest BCUT2D eigenvalue weighted by molar-refractivity contribution is 7.90. The summed E-state index contributed by atoms with van der Waals surface area (Å²) < 4.78 is 41.2. The Balaban J connectivity index is 1.45. The number of aryl methyl sites for hydroxylation is 1. The number of amides is 1. The molecule has 2 aromatic carbocycles. The molecule has 1 N–H and O–H groups in total.